The van der Waals surface area contributed by atoms with E-state index < -0.39 is 11.9 Å². The monoisotopic (exact) mass is 290 g/mol. The Morgan fingerprint density at radius 3 is 2.80 bits per heavy atom. The molecule has 1 amide bonds. The Kier molecular flexibility index (Phi) is 4.53. The highest BCUT2D eigenvalue weighted by atomic mass is 32.1. The molecule has 0 unspecified atom stereocenters. The van der Waals surface area contributed by atoms with E-state index in [4.69, 9.17) is 0 Å². The number of amides is 1. The average molecular weight is 290 g/mol. The molecule has 0 atom stereocenters. The predicted octanol–water partition coefficient (Wildman–Crippen LogP) is 2.17. The number of hydrogen-bond donors (Lipinski definition) is 1. The Balaban J connectivity index is 2.16. The van der Waals surface area contributed by atoms with Crippen LogP contribution in [0.3, 0.4) is 0 Å². The Bertz CT molecular complexity index is 611. The Labute approximate surface area is 120 Å². The summed E-state index contributed by atoms with van der Waals surface area (Å²) in [5.74, 6) is -1.03. The summed E-state index contributed by atoms with van der Waals surface area (Å²) < 4.78 is 4.41. The SMILES string of the molecule is COC(=O)/C=C/C(=O)Nc1sc2c(c1C#N)CCCC2. The number of nitrogens with one attached hydrogen (secondary N) is 1. The number of nitrogens with zero attached hydrogens (tertiary/aromatic N) is 1. The number of thiophene rings is 1. The average Bonchev–Trinajstić information content (AvgIpc) is 2.81. The summed E-state index contributed by atoms with van der Waals surface area (Å²) in [6, 6.07) is 2.17. The molecule has 0 bridgehead atoms. The van der Waals surface area contributed by atoms with Gasteiger partial charge in [0.15, 0.2) is 0 Å². The van der Waals surface area contributed by atoms with Gasteiger partial charge in [-0.1, -0.05) is 0 Å². The van der Waals surface area contributed by atoms with Gasteiger partial charge in [-0.25, -0.2) is 4.79 Å². The second-order valence-corrected chi connectivity index (χ2v) is 5.48. The van der Waals surface area contributed by atoms with Crippen LogP contribution in [0.5, 0.6) is 0 Å². The fourth-order valence-electron chi connectivity index (χ4n) is 2.14. The maximum atomic E-state index is 11.7. The molecule has 1 aliphatic rings. The molecule has 6 heteroatoms. The first kappa shape index (κ1) is 14.3. The van der Waals surface area contributed by atoms with Crippen molar-refractivity contribution < 1.29 is 14.3 Å². The molecule has 0 fully saturated rings. The first-order valence-corrected chi connectivity index (χ1v) is 7.09. The molecule has 0 spiro atoms. The molecule has 1 heterocycles. The van der Waals surface area contributed by atoms with Gasteiger partial charge in [-0.15, -0.1) is 11.3 Å². The van der Waals surface area contributed by atoms with Gasteiger partial charge in [0, 0.05) is 17.0 Å². The number of rotatable bonds is 3. The lowest BCUT2D eigenvalue weighted by Gasteiger charge is -2.09. The van der Waals surface area contributed by atoms with Crippen molar-refractivity contribution in [2.75, 3.05) is 12.4 Å². The standard InChI is InChI=1S/C14H14N2O3S/c1-19-13(18)7-6-12(17)16-14-10(8-15)9-4-2-3-5-11(9)20-14/h6-7H,2-5H2,1H3,(H,16,17)/b7-6+. The molecule has 1 aliphatic carbocycles. The van der Waals surface area contributed by atoms with Gasteiger partial charge in [0.25, 0.3) is 0 Å². The Morgan fingerprint density at radius 2 is 2.10 bits per heavy atom. The fraction of sp³-hybridized carbons (Fsp3) is 0.357. The molecule has 0 aliphatic heterocycles. The molecule has 0 saturated heterocycles. The van der Waals surface area contributed by atoms with Crippen LogP contribution >= 0.6 is 11.3 Å². The first-order valence-electron chi connectivity index (χ1n) is 6.27. The number of esters is 1. The van der Waals surface area contributed by atoms with Crippen molar-refractivity contribution in [1.82, 2.24) is 0 Å². The topological polar surface area (TPSA) is 79.2 Å². The minimum Gasteiger partial charge on any atom is -0.466 e. The van der Waals surface area contributed by atoms with Crippen LogP contribution in [0, 0.1) is 11.3 Å². The fourth-order valence-corrected chi connectivity index (χ4v) is 3.38. The largest absolute Gasteiger partial charge is 0.466 e. The maximum absolute atomic E-state index is 11.7. The molecule has 0 radical (unpaired) electrons. The number of carbonyl (C=O) groups is 2. The number of nitriles is 1. The third-order valence-corrected chi connectivity index (χ3v) is 4.30. The van der Waals surface area contributed by atoms with Gasteiger partial charge >= 0.3 is 5.97 Å². The molecule has 20 heavy (non-hydrogen) atoms. The van der Waals surface area contributed by atoms with Crippen molar-refractivity contribution in [1.29, 1.82) is 5.26 Å². The van der Waals surface area contributed by atoms with Crippen LogP contribution in [0.15, 0.2) is 12.2 Å². The van der Waals surface area contributed by atoms with Crippen LogP contribution in [0.1, 0.15) is 28.8 Å². The van der Waals surface area contributed by atoms with Crippen molar-refractivity contribution in [3.63, 3.8) is 0 Å². The van der Waals surface area contributed by atoms with Crippen LogP contribution < -0.4 is 5.32 Å². The summed E-state index contributed by atoms with van der Waals surface area (Å²) in [7, 11) is 1.24. The van der Waals surface area contributed by atoms with E-state index in [1.165, 1.54) is 23.3 Å². The Morgan fingerprint density at radius 1 is 1.35 bits per heavy atom. The number of fused-ring (bicyclic) bond motifs is 1. The van der Waals surface area contributed by atoms with Crippen LogP contribution in [0.4, 0.5) is 5.00 Å². The van der Waals surface area contributed by atoms with Gasteiger partial charge in [-0.05, 0) is 31.2 Å². The number of hydrogen-bond acceptors (Lipinski definition) is 5. The summed E-state index contributed by atoms with van der Waals surface area (Å²) in [4.78, 5) is 23.8. The van der Waals surface area contributed by atoms with Crippen molar-refractivity contribution >= 4 is 28.2 Å². The number of methoxy groups -OCH3 is 1. The van der Waals surface area contributed by atoms with E-state index in [0.717, 1.165) is 43.4 Å². The molecule has 1 aromatic heterocycles. The van der Waals surface area contributed by atoms with Crippen molar-refractivity contribution in [3.8, 4) is 6.07 Å². The van der Waals surface area contributed by atoms with E-state index in [1.54, 1.807) is 0 Å². The van der Waals surface area contributed by atoms with Gasteiger partial charge in [0.2, 0.25) is 5.91 Å². The Hall–Kier alpha value is -2.13. The lowest BCUT2D eigenvalue weighted by atomic mass is 9.96. The summed E-state index contributed by atoms with van der Waals surface area (Å²) in [6.07, 6.45) is 6.20. The summed E-state index contributed by atoms with van der Waals surface area (Å²) in [6.45, 7) is 0. The molecule has 0 saturated carbocycles. The van der Waals surface area contributed by atoms with Gasteiger partial charge < -0.3 is 10.1 Å². The lowest BCUT2D eigenvalue weighted by molar-refractivity contribution is -0.135. The number of aryl methyl sites for hydroxylation is 1. The van der Waals surface area contributed by atoms with Crippen LogP contribution in [0.2, 0.25) is 0 Å². The number of carbonyl (C=O) groups excluding carboxylic acids is 2. The quantitative estimate of drug-likeness (QED) is 0.683. The van der Waals surface area contributed by atoms with Crippen molar-refractivity contribution in [2.45, 2.75) is 25.7 Å². The molecule has 104 valence electrons. The number of ether oxygens (including phenoxy) is 1. The molecular weight excluding hydrogens is 276 g/mol. The minimum atomic E-state index is -0.592. The van der Waals surface area contributed by atoms with Crippen molar-refractivity contribution in [3.05, 3.63) is 28.2 Å². The molecule has 2 rings (SSSR count). The van der Waals surface area contributed by atoms with E-state index in [2.05, 4.69) is 16.1 Å². The first-order chi connectivity index (χ1) is 9.65. The number of anilines is 1. The molecule has 5 nitrogen and oxygen atoms in total. The molecule has 1 N–H and O–H groups in total. The zero-order valence-corrected chi connectivity index (χ0v) is 11.9. The van der Waals surface area contributed by atoms with Crippen LogP contribution in [0.25, 0.3) is 0 Å². The van der Waals surface area contributed by atoms with E-state index in [9.17, 15) is 14.9 Å². The highest BCUT2D eigenvalue weighted by Crippen LogP contribution is 2.37. The third-order valence-electron chi connectivity index (χ3n) is 3.09. The normalized spacial score (nSPS) is 13.6. The van der Waals surface area contributed by atoms with Crippen molar-refractivity contribution in [2.24, 2.45) is 0 Å². The van der Waals surface area contributed by atoms with E-state index in [-0.39, 0.29) is 0 Å². The lowest BCUT2D eigenvalue weighted by Crippen LogP contribution is -2.09. The van der Waals surface area contributed by atoms with Gasteiger partial charge in [0.05, 0.1) is 12.7 Å². The summed E-state index contributed by atoms with van der Waals surface area (Å²) in [5.41, 5.74) is 1.63. The highest BCUT2D eigenvalue weighted by molar-refractivity contribution is 7.16. The third kappa shape index (κ3) is 3.06. The molecule has 1 aromatic rings. The van der Waals surface area contributed by atoms with Gasteiger partial charge in [-0.2, -0.15) is 5.26 Å². The zero-order chi connectivity index (χ0) is 14.5. The van der Waals surface area contributed by atoms with Gasteiger partial charge in [-0.3, -0.25) is 4.79 Å². The van der Waals surface area contributed by atoms with Crippen LogP contribution in [-0.2, 0) is 27.2 Å². The summed E-state index contributed by atoms with van der Waals surface area (Å²) >= 11 is 1.45. The minimum absolute atomic E-state index is 0.439. The molecular formula is C14H14N2O3S. The second-order valence-electron chi connectivity index (χ2n) is 4.37. The van der Waals surface area contributed by atoms with Crippen LogP contribution in [-0.4, -0.2) is 19.0 Å². The molecule has 0 aromatic carbocycles. The van der Waals surface area contributed by atoms with E-state index in [1.807, 2.05) is 0 Å². The predicted molar refractivity (Wildman–Crippen MR) is 75.5 cm³/mol. The van der Waals surface area contributed by atoms with E-state index >= 15 is 0 Å². The van der Waals surface area contributed by atoms with E-state index in [0.29, 0.717) is 10.6 Å². The summed E-state index contributed by atoms with van der Waals surface area (Å²) in [5, 5.41) is 12.5. The van der Waals surface area contributed by atoms with Gasteiger partial charge in [0.1, 0.15) is 11.1 Å². The second kappa shape index (κ2) is 6.35. The smallest absolute Gasteiger partial charge is 0.330 e. The highest BCUT2D eigenvalue weighted by Gasteiger charge is 2.21. The zero-order valence-electron chi connectivity index (χ0n) is 11.1. The maximum Gasteiger partial charge on any atom is 0.330 e.